The second-order valence-electron chi connectivity index (χ2n) is 5.49. The van der Waals surface area contributed by atoms with Crippen molar-refractivity contribution in [2.45, 2.75) is 5.54 Å². The molecule has 1 aliphatic rings. The number of carbonyl (C=O) groups excluding carboxylic acids is 3. The lowest BCUT2D eigenvalue weighted by Gasteiger charge is -2.27. The van der Waals surface area contributed by atoms with Gasteiger partial charge in [-0.25, -0.2) is 9.69 Å². The van der Waals surface area contributed by atoms with Gasteiger partial charge in [-0.2, -0.15) is 0 Å². The standard InChI is InChI=1S/C18H17N3O4/c19-11-15(22)25-12-21-16(23)18(20-17(21)24,13-7-3-1-4-8-13)14-9-5-2-6-10-14/h1-10H,11-12,19H2,(H,20,24). The number of imide groups is 1. The zero-order chi connectivity index (χ0) is 17.9. The van der Waals surface area contributed by atoms with Crippen molar-refractivity contribution in [3.63, 3.8) is 0 Å². The predicted octanol–water partition coefficient (Wildman–Crippen LogP) is 0.941. The summed E-state index contributed by atoms with van der Waals surface area (Å²) in [5, 5.41) is 2.76. The molecule has 128 valence electrons. The van der Waals surface area contributed by atoms with E-state index in [0.29, 0.717) is 11.1 Å². The van der Waals surface area contributed by atoms with Crippen LogP contribution in [-0.4, -0.2) is 36.1 Å². The average Bonchev–Trinajstić information content (AvgIpc) is 2.92. The maximum Gasteiger partial charge on any atom is 0.328 e. The number of rotatable bonds is 5. The number of hydrogen-bond acceptors (Lipinski definition) is 5. The molecule has 7 heteroatoms. The highest BCUT2D eigenvalue weighted by Crippen LogP contribution is 2.35. The van der Waals surface area contributed by atoms with Gasteiger partial charge in [0.25, 0.3) is 5.91 Å². The van der Waals surface area contributed by atoms with Gasteiger partial charge in [0, 0.05) is 0 Å². The first-order chi connectivity index (χ1) is 12.1. The van der Waals surface area contributed by atoms with E-state index in [2.05, 4.69) is 5.32 Å². The van der Waals surface area contributed by atoms with Gasteiger partial charge in [-0.1, -0.05) is 60.7 Å². The zero-order valence-electron chi connectivity index (χ0n) is 13.3. The summed E-state index contributed by atoms with van der Waals surface area (Å²) in [6, 6.07) is 17.2. The third kappa shape index (κ3) is 2.85. The van der Waals surface area contributed by atoms with Crippen LogP contribution in [0.15, 0.2) is 60.7 Å². The molecular formula is C18H17N3O4. The summed E-state index contributed by atoms with van der Waals surface area (Å²) < 4.78 is 4.86. The quantitative estimate of drug-likeness (QED) is 0.623. The third-order valence-electron chi connectivity index (χ3n) is 4.04. The Morgan fingerprint density at radius 2 is 1.52 bits per heavy atom. The van der Waals surface area contributed by atoms with Crippen molar-refractivity contribution in [3.05, 3.63) is 71.8 Å². The van der Waals surface area contributed by atoms with Crippen molar-refractivity contribution in [3.8, 4) is 0 Å². The number of esters is 1. The highest BCUT2D eigenvalue weighted by Gasteiger charge is 2.53. The molecule has 25 heavy (non-hydrogen) atoms. The van der Waals surface area contributed by atoms with E-state index in [1.807, 2.05) is 12.1 Å². The molecule has 0 radical (unpaired) electrons. The fraction of sp³-hybridized carbons (Fsp3) is 0.167. The summed E-state index contributed by atoms with van der Waals surface area (Å²) in [5.41, 5.74) is 5.05. The van der Waals surface area contributed by atoms with Crippen LogP contribution >= 0.6 is 0 Å². The lowest BCUT2D eigenvalue weighted by Crippen LogP contribution is -2.45. The number of urea groups is 1. The Labute approximate surface area is 144 Å². The minimum absolute atomic E-state index is 0.327. The van der Waals surface area contributed by atoms with Gasteiger partial charge < -0.3 is 15.8 Å². The van der Waals surface area contributed by atoms with E-state index in [4.69, 9.17) is 10.5 Å². The van der Waals surface area contributed by atoms with E-state index in [-0.39, 0.29) is 6.54 Å². The Kier molecular flexibility index (Phi) is 4.49. The second kappa shape index (κ2) is 6.74. The lowest BCUT2D eigenvalue weighted by molar-refractivity contribution is -0.148. The minimum atomic E-state index is -1.37. The van der Waals surface area contributed by atoms with E-state index in [1.54, 1.807) is 48.5 Å². The van der Waals surface area contributed by atoms with E-state index in [9.17, 15) is 14.4 Å². The summed E-state index contributed by atoms with van der Waals surface area (Å²) in [6.07, 6.45) is 0. The maximum atomic E-state index is 13.2. The van der Waals surface area contributed by atoms with Gasteiger partial charge >= 0.3 is 12.0 Å². The van der Waals surface area contributed by atoms with Crippen molar-refractivity contribution < 1.29 is 19.1 Å². The van der Waals surface area contributed by atoms with E-state index >= 15 is 0 Å². The number of amides is 3. The molecule has 7 nitrogen and oxygen atoms in total. The molecule has 3 rings (SSSR count). The van der Waals surface area contributed by atoms with Gasteiger partial charge in [-0.3, -0.25) is 9.59 Å². The van der Waals surface area contributed by atoms with Crippen LogP contribution in [0.5, 0.6) is 0 Å². The van der Waals surface area contributed by atoms with Crippen LogP contribution in [0.4, 0.5) is 4.79 Å². The summed E-state index contributed by atoms with van der Waals surface area (Å²) in [4.78, 5) is 37.7. The Morgan fingerprint density at radius 3 is 2.00 bits per heavy atom. The molecule has 0 unspecified atom stereocenters. The zero-order valence-corrected chi connectivity index (χ0v) is 13.3. The SMILES string of the molecule is NCC(=O)OCN1C(=O)NC(c2ccccc2)(c2ccccc2)C1=O. The number of nitrogens with one attached hydrogen (secondary N) is 1. The normalized spacial score (nSPS) is 15.8. The molecule has 0 aliphatic carbocycles. The third-order valence-corrected chi connectivity index (χ3v) is 4.04. The number of benzene rings is 2. The van der Waals surface area contributed by atoms with Crippen LogP contribution in [-0.2, 0) is 19.9 Å². The molecule has 1 aliphatic heterocycles. The summed E-state index contributed by atoms with van der Waals surface area (Å²) in [5.74, 6) is -1.21. The van der Waals surface area contributed by atoms with Crippen LogP contribution in [0.25, 0.3) is 0 Å². The Morgan fingerprint density at radius 1 is 1.00 bits per heavy atom. The largest absolute Gasteiger partial charge is 0.443 e. The fourth-order valence-corrected chi connectivity index (χ4v) is 2.82. The molecule has 3 amide bonds. The first-order valence-corrected chi connectivity index (χ1v) is 7.70. The molecule has 0 bridgehead atoms. The second-order valence-corrected chi connectivity index (χ2v) is 5.49. The Hall–Kier alpha value is -3.19. The predicted molar refractivity (Wildman–Crippen MR) is 89.1 cm³/mol. The molecule has 0 aromatic heterocycles. The molecule has 1 fully saturated rings. The first-order valence-electron chi connectivity index (χ1n) is 7.70. The summed E-state index contributed by atoms with van der Waals surface area (Å²) in [7, 11) is 0. The van der Waals surface area contributed by atoms with Crippen molar-refractivity contribution in [1.82, 2.24) is 10.2 Å². The van der Waals surface area contributed by atoms with Crippen molar-refractivity contribution in [2.75, 3.05) is 13.3 Å². The van der Waals surface area contributed by atoms with Crippen molar-refractivity contribution >= 4 is 17.9 Å². The molecule has 3 N–H and O–H groups in total. The summed E-state index contributed by atoms with van der Waals surface area (Å²) >= 11 is 0. The van der Waals surface area contributed by atoms with E-state index in [0.717, 1.165) is 4.90 Å². The Balaban J connectivity index is 2.03. The highest BCUT2D eigenvalue weighted by atomic mass is 16.5. The minimum Gasteiger partial charge on any atom is -0.443 e. The van der Waals surface area contributed by atoms with Gasteiger partial charge in [0.15, 0.2) is 12.3 Å². The number of ether oxygens (including phenoxy) is 1. The van der Waals surface area contributed by atoms with E-state index in [1.165, 1.54) is 0 Å². The Bertz CT molecular complexity index is 753. The fourth-order valence-electron chi connectivity index (χ4n) is 2.82. The number of carbonyl (C=O) groups is 3. The van der Waals surface area contributed by atoms with Gasteiger partial charge in [-0.15, -0.1) is 0 Å². The average molecular weight is 339 g/mol. The monoisotopic (exact) mass is 339 g/mol. The van der Waals surface area contributed by atoms with Crippen molar-refractivity contribution in [1.29, 1.82) is 0 Å². The molecular weight excluding hydrogens is 322 g/mol. The lowest BCUT2D eigenvalue weighted by atomic mass is 9.83. The van der Waals surface area contributed by atoms with Crippen LogP contribution in [0, 0.1) is 0 Å². The van der Waals surface area contributed by atoms with Gasteiger partial charge in [0.2, 0.25) is 0 Å². The maximum absolute atomic E-state index is 13.2. The number of nitrogens with two attached hydrogens (primary N) is 1. The topological polar surface area (TPSA) is 102 Å². The molecule has 1 saturated heterocycles. The first kappa shape index (κ1) is 16.7. The van der Waals surface area contributed by atoms with Crippen LogP contribution in [0.1, 0.15) is 11.1 Å². The van der Waals surface area contributed by atoms with Gasteiger partial charge in [0.05, 0.1) is 6.54 Å². The van der Waals surface area contributed by atoms with Crippen LogP contribution in [0.2, 0.25) is 0 Å². The molecule has 0 saturated carbocycles. The number of hydrogen-bond donors (Lipinski definition) is 2. The van der Waals surface area contributed by atoms with Crippen LogP contribution in [0.3, 0.4) is 0 Å². The molecule has 2 aromatic carbocycles. The van der Waals surface area contributed by atoms with Crippen molar-refractivity contribution in [2.24, 2.45) is 5.73 Å². The molecule has 2 aromatic rings. The smallest absolute Gasteiger partial charge is 0.328 e. The van der Waals surface area contributed by atoms with Gasteiger partial charge in [-0.05, 0) is 11.1 Å². The molecule has 1 heterocycles. The molecule has 0 spiro atoms. The molecule has 0 atom stereocenters. The number of nitrogens with zero attached hydrogens (tertiary/aromatic N) is 1. The highest BCUT2D eigenvalue weighted by molar-refractivity contribution is 6.09. The van der Waals surface area contributed by atoms with E-state index < -0.39 is 30.2 Å². The van der Waals surface area contributed by atoms with Gasteiger partial charge in [0.1, 0.15) is 0 Å². The summed E-state index contributed by atoms with van der Waals surface area (Å²) in [6.45, 7) is -0.811. The van der Waals surface area contributed by atoms with Crippen LogP contribution < -0.4 is 11.1 Å².